The van der Waals surface area contributed by atoms with Crippen molar-refractivity contribution < 1.29 is 0 Å². The predicted octanol–water partition coefficient (Wildman–Crippen LogP) is 16.9. The van der Waals surface area contributed by atoms with E-state index >= 15 is 0 Å². The molecule has 0 saturated heterocycles. The quantitative estimate of drug-likeness (QED) is 0.121. The van der Waals surface area contributed by atoms with E-state index in [0.29, 0.717) is 34.9 Å². The Morgan fingerprint density at radius 1 is 0.178 bits per heavy atom. The van der Waals surface area contributed by atoms with Crippen LogP contribution in [0.25, 0.3) is 113 Å². The van der Waals surface area contributed by atoms with E-state index in [0.717, 1.165) is 77.9 Å². The SMILES string of the molecule is c1ccc(-c2nc(-c3ccccc3)nc(-c3cccc(-c4cccc(-c5ccccc5Sc5ccccc5-c5cccc(-c6cccc(-c7nc(-c8ccccc8)nc(-c8ccccc8)n7)c6)c5)c4)c3)n2)cc1. The fourth-order valence-corrected chi connectivity index (χ4v) is 10.1. The zero-order valence-corrected chi connectivity index (χ0v) is 40.3. The van der Waals surface area contributed by atoms with E-state index in [1.807, 2.05) is 121 Å². The lowest BCUT2D eigenvalue weighted by Gasteiger charge is -2.15. The van der Waals surface area contributed by atoms with Crippen LogP contribution < -0.4 is 0 Å². The molecule has 0 atom stereocenters. The minimum absolute atomic E-state index is 0.625. The lowest BCUT2D eigenvalue weighted by molar-refractivity contribution is 1.07. The van der Waals surface area contributed by atoms with Crippen LogP contribution in [0.3, 0.4) is 0 Å². The van der Waals surface area contributed by atoms with Gasteiger partial charge >= 0.3 is 0 Å². The minimum atomic E-state index is 0.625. The van der Waals surface area contributed by atoms with Gasteiger partial charge in [-0.15, -0.1) is 0 Å². The second kappa shape index (κ2) is 20.5. The molecule has 0 amide bonds. The van der Waals surface area contributed by atoms with Crippen molar-refractivity contribution in [2.45, 2.75) is 9.79 Å². The van der Waals surface area contributed by atoms with Crippen molar-refractivity contribution >= 4 is 11.8 Å². The molecule has 12 aromatic rings. The van der Waals surface area contributed by atoms with E-state index in [-0.39, 0.29) is 0 Å². The van der Waals surface area contributed by atoms with E-state index in [9.17, 15) is 0 Å². The molecule has 0 N–H and O–H groups in total. The van der Waals surface area contributed by atoms with Gasteiger partial charge in [-0.3, -0.25) is 0 Å². The first kappa shape index (κ1) is 44.8. The average Bonchev–Trinajstić information content (AvgIpc) is 3.48. The third kappa shape index (κ3) is 9.86. The first-order valence-electron chi connectivity index (χ1n) is 24.2. The molecular weight excluding hydrogens is 909 g/mol. The van der Waals surface area contributed by atoms with E-state index in [1.165, 1.54) is 9.79 Å². The van der Waals surface area contributed by atoms with Crippen molar-refractivity contribution in [3.8, 4) is 113 Å². The molecule has 0 fully saturated rings. The highest BCUT2D eigenvalue weighted by Crippen LogP contribution is 2.42. The van der Waals surface area contributed by atoms with Crippen LogP contribution in [0.4, 0.5) is 0 Å². The summed E-state index contributed by atoms with van der Waals surface area (Å²) in [4.78, 5) is 32.2. The molecule has 0 aliphatic carbocycles. The molecule has 7 heteroatoms. The van der Waals surface area contributed by atoms with Gasteiger partial charge in [0.25, 0.3) is 0 Å². The highest BCUT2D eigenvalue weighted by Gasteiger charge is 2.17. The lowest BCUT2D eigenvalue weighted by Crippen LogP contribution is -2.00. The second-order valence-electron chi connectivity index (χ2n) is 17.5. The number of benzene rings is 10. The maximum absolute atomic E-state index is 5.01. The molecule has 0 bridgehead atoms. The maximum atomic E-state index is 5.01. The van der Waals surface area contributed by atoms with E-state index in [4.69, 9.17) is 29.9 Å². The molecule has 0 saturated carbocycles. The fourth-order valence-electron chi connectivity index (χ4n) is 8.99. The number of rotatable bonds is 12. The van der Waals surface area contributed by atoms with Gasteiger partial charge in [0.15, 0.2) is 34.9 Å². The first-order valence-corrected chi connectivity index (χ1v) is 25.0. The highest BCUT2D eigenvalue weighted by molar-refractivity contribution is 7.99. The van der Waals surface area contributed by atoms with Gasteiger partial charge in [0.05, 0.1) is 0 Å². The summed E-state index contributed by atoms with van der Waals surface area (Å²) in [6.07, 6.45) is 0. The number of hydrogen-bond acceptors (Lipinski definition) is 7. The molecule has 0 aliphatic heterocycles. The zero-order valence-electron chi connectivity index (χ0n) is 39.5. The van der Waals surface area contributed by atoms with Gasteiger partial charge in [0, 0.05) is 43.2 Å². The summed E-state index contributed by atoms with van der Waals surface area (Å²) in [6.45, 7) is 0. The van der Waals surface area contributed by atoms with Crippen molar-refractivity contribution in [2.75, 3.05) is 0 Å². The van der Waals surface area contributed by atoms with Crippen LogP contribution in [0, 0.1) is 0 Å². The standard InChI is InChI=1S/C66H44N6S/c1-5-21-45(22-6-1)61-67-62(46-23-7-2-8-24-46)70-65(69-61)55-35-19-31-51(43-55)49-29-17-33-53(41-49)57-37-13-15-39-59(57)73-60-40-16-14-38-58(60)54-34-18-30-50(42-54)52-32-20-36-56(44-52)66-71-63(47-25-9-3-10-26-47)68-64(72-66)48-27-11-4-12-28-48/h1-44H. The largest absolute Gasteiger partial charge is 0.208 e. The Labute approximate surface area is 429 Å². The number of aromatic nitrogens is 6. The Morgan fingerprint density at radius 3 is 0.712 bits per heavy atom. The topological polar surface area (TPSA) is 77.3 Å². The molecule has 2 heterocycles. The average molecular weight is 953 g/mol. The molecule has 2 aromatic heterocycles. The Bertz CT molecular complexity index is 3520. The number of nitrogens with zero attached hydrogens (tertiary/aromatic N) is 6. The molecule has 73 heavy (non-hydrogen) atoms. The summed E-state index contributed by atoms with van der Waals surface area (Å²) in [6, 6.07) is 92.2. The van der Waals surface area contributed by atoms with Gasteiger partial charge in [-0.05, 0) is 80.9 Å². The van der Waals surface area contributed by atoms with E-state index < -0.39 is 0 Å². The Hall–Kier alpha value is -9.43. The Morgan fingerprint density at radius 2 is 0.397 bits per heavy atom. The van der Waals surface area contributed by atoms with Crippen LogP contribution in [0.15, 0.2) is 277 Å². The van der Waals surface area contributed by atoms with Crippen LogP contribution in [0.5, 0.6) is 0 Å². The van der Waals surface area contributed by atoms with Crippen LogP contribution in [0.2, 0.25) is 0 Å². The fraction of sp³-hybridized carbons (Fsp3) is 0. The van der Waals surface area contributed by atoms with Crippen molar-refractivity contribution in [1.29, 1.82) is 0 Å². The minimum Gasteiger partial charge on any atom is -0.208 e. The Balaban J connectivity index is 0.840. The summed E-state index contributed by atoms with van der Waals surface area (Å²) in [7, 11) is 0. The first-order chi connectivity index (χ1) is 36.1. The van der Waals surface area contributed by atoms with Crippen molar-refractivity contribution in [3.63, 3.8) is 0 Å². The van der Waals surface area contributed by atoms with Gasteiger partial charge in [-0.25, -0.2) is 29.9 Å². The monoisotopic (exact) mass is 952 g/mol. The highest BCUT2D eigenvalue weighted by atomic mass is 32.2. The van der Waals surface area contributed by atoms with E-state index in [2.05, 4.69) is 146 Å². The number of hydrogen-bond donors (Lipinski definition) is 0. The summed E-state index contributed by atoms with van der Waals surface area (Å²) in [5.41, 5.74) is 14.5. The van der Waals surface area contributed by atoms with E-state index in [1.54, 1.807) is 11.8 Å². The van der Waals surface area contributed by atoms with Crippen LogP contribution in [0.1, 0.15) is 0 Å². The third-order valence-electron chi connectivity index (χ3n) is 12.6. The van der Waals surface area contributed by atoms with Crippen LogP contribution in [-0.4, -0.2) is 29.9 Å². The maximum Gasteiger partial charge on any atom is 0.164 e. The van der Waals surface area contributed by atoms with Gasteiger partial charge in [-0.1, -0.05) is 242 Å². The summed E-state index contributed by atoms with van der Waals surface area (Å²) in [5.74, 6) is 3.80. The molecule has 12 rings (SSSR count). The second-order valence-corrected chi connectivity index (χ2v) is 18.6. The predicted molar refractivity (Wildman–Crippen MR) is 298 cm³/mol. The molecule has 344 valence electrons. The summed E-state index contributed by atoms with van der Waals surface area (Å²) >= 11 is 1.79. The molecule has 6 nitrogen and oxygen atoms in total. The lowest BCUT2D eigenvalue weighted by atomic mass is 9.97. The molecular formula is C66H44N6S. The zero-order chi connectivity index (χ0) is 48.8. The molecule has 10 aromatic carbocycles. The third-order valence-corrected chi connectivity index (χ3v) is 13.8. The van der Waals surface area contributed by atoms with Crippen molar-refractivity contribution in [3.05, 3.63) is 267 Å². The van der Waals surface area contributed by atoms with Gasteiger partial charge in [0.1, 0.15) is 0 Å². The normalized spacial score (nSPS) is 11.1. The van der Waals surface area contributed by atoms with Gasteiger partial charge in [-0.2, -0.15) is 0 Å². The van der Waals surface area contributed by atoms with Crippen molar-refractivity contribution in [1.82, 2.24) is 29.9 Å². The van der Waals surface area contributed by atoms with Crippen molar-refractivity contribution in [2.24, 2.45) is 0 Å². The van der Waals surface area contributed by atoms with Crippen LogP contribution in [-0.2, 0) is 0 Å². The Kier molecular flexibility index (Phi) is 12.6. The molecule has 0 radical (unpaired) electrons. The molecule has 0 unspecified atom stereocenters. The smallest absolute Gasteiger partial charge is 0.164 e. The summed E-state index contributed by atoms with van der Waals surface area (Å²) in [5, 5.41) is 0. The summed E-state index contributed by atoms with van der Waals surface area (Å²) < 4.78 is 0. The molecule has 0 spiro atoms. The van der Waals surface area contributed by atoms with Gasteiger partial charge in [0.2, 0.25) is 0 Å². The van der Waals surface area contributed by atoms with Crippen LogP contribution >= 0.6 is 11.8 Å². The molecule has 0 aliphatic rings. The van der Waals surface area contributed by atoms with Gasteiger partial charge < -0.3 is 0 Å².